The third-order valence-electron chi connectivity index (χ3n) is 6.82. The summed E-state index contributed by atoms with van der Waals surface area (Å²) in [6.45, 7) is 2.30. The summed E-state index contributed by atoms with van der Waals surface area (Å²) in [6, 6.07) is 10.9. The second-order valence-corrected chi connectivity index (χ2v) is 10.4. The number of nitrogens with zero attached hydrogens (tertiary/aromatic N) is 4. The molecule has 2 fully saturated rings. The van der Waals surface area contributed by atoms with Crippen molar-refractivity contribution in [2.45, 2.75) is 37.8 Å². The van der Waals surface area contributed by atoms with Crippen molar-refractivity contribution < 1.29 is 19.0 Å². The van der Waals surface area contributed by atoms with E-state index in [9.17, 15) is 5.11 Å². The van der Waals surface area contributed by atoms with E-state index in [-0.39, 0.29) is 12.1 Å². The minimum absolute atomic E-state index is 0.0395. The van der Waals surface area contributed by atoms with Gasteiger partial charge < -0.3 is 24.8 Å². The lowest BCUT2D eigenvalue weighted by Crippen LogP contribution is -2.37. The Morgan fingerprint density at radius 1 is 1.03 bits per heavy atom. The molecule has 1 aromatic carbocycles. The Morgan fingerprint density at radius 3 is 2.70 bits per heavy atom. The molecule has 0 bridgehead atoms. The fourth-order valence-corrected chi connectivity index (χ4v) is 5.81. The topological polar surface area (TPSA) is 92.6 Å². The zero-order valence-electron chi connectivity index (χ0n) is 20.3. The Labute approximate surface area is 218 Å². The quantitative estimate of drug-likeness (QED) is 0.356. The molecule has 2 atom stereocenters. The molecule has 192 valence electrons. The Bertz CT molecular complexity index is 1390. The van der Waals surface area contributed by atoms with Gasteiger partial charge in [-0.05, 0) is 37.1 Å². The van der Waals surface area contributed by atoms with Crippen LogP contribution in [0.15, 0.2) is 48.8 Å². The lowest BCUT2D eigenvalue weighted by Gasteiger charge is -2.28. The van der Waals surface area contributed by atoms with Gasteiger partial charge in [0.15, 0.2) is 16.8 Å². The Kier molecular flexibility index (Phi) is 6.86. The number of aromatic nitrogens is 3. The highest BCUT2D eigenvalue weighted by Crippen LogP contribution is 2.34. The molecule has 1 aliphatic carbocycles. The number of halogens is 1. The van der Waals surface area contributed by atoms with Crippen LogP contribution >= 0.6 is 11.3 Å². The zero-order chi connectivity index (χ0) is 25.2. The van der Waals surface area contributed by atoms with Gasteiger partial charge in [-0.1, -0.05) is 24.2 Å². The molecule has 1 saturated carbocycles. The standard InChI is InChI=1S/C27H28FN5O3S/c28-25-19(8-10-30-26(25)33-11-13-35-14-12-33)22-15-18(7-9-29-22)36-17-5-6-21-24(16-17)37-27(32-21)31-20-3-1-2-4-23(20)34/h5-10,15-16,20,23,34H,1-4,11-14H2,(H,31,32)/t20-,23-/m1/s1. The van der Waals surface area contributed by atoms with E-state index in [1.807, 2.05) is 23.1 Å². The third-order valence-corrected chi connectivity index (χ3v) is 7.77. The van der Waals surface area contributed by atoms with Gasteiger partial charge in [0.05, 0.1) is 41.3 Å². The molecule has 1 saturated heterocycles. The average molecular weight is 522 g/mol. The second-order valence-electron chi connectivity index (χ2n) is 9.33. The maximum atomic E-state index is 15.4. The van der Waals surface area contributed by atoms with Gasteiger partial charge in [0.2, 0.25) is 0 Å². The maximum absolute atomic E-state index is 15.4. The summed E-state index contributed by atoms with van der Waals surface area (Å²) in [5.41, 5.74) is 1.72. The van der Waals surface area contributed by atoms with Crippen molar-refractivity contribution in [3.05, 3.63) is 54.6 Å². The summed E-state index contributed by atoms with van der Waals surface area (Å²) in [5.74, 6) is 1.13. The van der Waals surface area contributed by atoms with Crippen LogP contribution in [-0.4, -0.2) is 58.5 Å². The minimum atomic E-state index is -0.400. The zero-order valence-corrected chi connectivity index (χ0v) is 21.1. The smallest absolute Gasteiger partial charge is 0.184 e. The van der Waals surface area contributed by atoms with E-state index in [1.165, 1.54) is 11.3 Å². The van der Waals surface area contributed by atoms with Gasteiger partial charge in [0, 0.05) is 43.2 Å². The minimum Gasteiger partial charge on any atom is -0.457 e. The van der Waals surface area contributed by atoms with Crippen molar-refractivity contribution in [2.24, 2.45) is 0 Å². The van der Waals surface area contributed by atoms with Crippen molar-refractivity contribution in [1.29, 1.82) is 0 Å². The first-order valence-corrected chi connectivity index (χ1v) is 13.4. The Morgan fingerprint density at radius 2 is 1.84 bits per heavy atom. The number of hydrogen-bond donors (Lipinski definition) is 2. The largest absolute Gasteiger partial charge is 0.457 e. The van der Waals surface area contributed by atoms with Crippen molar-refractivity contribution in [2.75, 3.05) is 36.5 Å². The molecule has 4 heterocycles. The SMILES string of the molecule is O[C@@H]1CCCC[C@H]1Nc1nc2ccc(Oc3ccnc(-c4ccnc(N5CCOCC5)c4F)c3)cc2s1. The first-order valence-electron chi connectivity index (χ1n) is 12.6. The van der Waals surface area contributed by atoms with E-state index in [2.05, 4.69) is 20.3 Å². The molecular formula is C27H28FN5O3S. The molecular weight excluding hydrogens is 493 g/mol. The molecule has 3 aromatic heterocycles. The van der Waals surface area contributed by atoms with Crippen LogP contribution in [0.1, 0.15) is 25.7 Å². The predicted molar refractivity (Wildman–Crippen MR) is 142 cm³/mol. The molecule has 4 aromatic rings. The number of anilines is 2. The monoisotopic (exact) mass is 521 g/mol. The number of benzene rings is 1. The van der Waals surface area contributed by atoms with Crippen LogP contribution in [0.3, 0.4) is 0 Å². The number of pyridine rings is 2. The number of nitrogens with one attached hydrogen (secondary N) is 1. The van der Waals surface area contributed by atoms with Gasteiger partial charge in [0.1, 0.15) is 11.5 Å². The maximum Gasteiger partial charge on any atom is 0.184 e. The second kappa shape index (κ2) is 10.6. The normalized spacial score (nSPS) is 20.2. The first-order chi connectivity index (χ1) is 18.1. The van der Waals surface area contributed by atoms with Crippen LogP contribution in [0.2, 0.25) is 0 Å². The number of aliphatic hydroxyl groups excluding tert-OH is 1. The molecule has 1 aliphatic heterocycles. The molecule has 0 unspecified atom stereocenters. The van der Waals surface area contributed by atoms with Gasteiger partial charge >= 0.3 is 0 Å². The van der Waals surface area contributed by atoms with E-state index in [1.54, 1.807) is 30.6 Å². The van der Waals surface area contributed by atoms with Crippen LogP contribution in [-0.2, 0) is 4.74 Å². The lowest BCUT2D eigenvalue weighted by molar-refractivity contribution is 0.116. The highest BCUT2D eigenvalue weighted by Gasteiger charge is 2.24. The van der Waals surface area contributed by atoms with Crippen LogP contribution in [0.5, 0.6) is 11.5 Å². The molecule has 37 heavy (non-hydrogen) atoms. The fraction of sp³-hybridized carbons (Fsp3) is 0.370. The van der Waals surface area contributed by atoms with Crippen LogP contribution in [0.4, 0.5) is 15.3 Å². The van der Waals surface area contributed by atoms with E-state index in [0.29, 0.717) is 54.9 Å². The average Bonchev–Trinajstić information content (AvgIpc) is 3.32. The summed E-state index contributed by atoms with van der Waals surface area (Å²) in [5, 5.41) is 14.5. The molecule has 10 heteroatoms. The van der Waals surface area contributed by atoms with E-state index < -0.39 is 5.82 Å². The molecule has 0 radical (unpaired) electrons. The van der Waals surface area contributed by atoms with Crippen molar-refractivity contribution in [3.63, 3.8) is 0 Å². The summed E-state index contributed by atoms with van der Waals surface area (Å²) < 4.78 is 27.9. The van der Waals surface area contributed by atoms with Crippen LogP contribution < -0.4 is 15.0 Å². The molecule has 2 aliphatic rings. The van der Waals surface area contributed by atoms with Gasteiger partial charge in [-0.3, -0.25) is 4.98 Å². The molecule has 0 amide bonds. The fourth-order valence-electron chi connectivity index (χ4n) is 4.85. The predicted octanol–water partition coefficient (Wildman–Crippen LogP) is 5.24. The Hall–Kier alpha value is -3.34. The van der Waals surface area contributed by atoms with Gasteiger partial charge in [-0.25, -0.2) is 14.4 Å². The van der Waals surface area contributed by atoms with E-state index >= 15 is 4.39 Å². The summed E-state index contributed by atoms with van der Waals surface area (Å²) in [6.07, 6.45) is 6.84. The highest BCUT2D eigenvalue weighted by molar-refractivity contribution is 7.22. The first kappa shape index (κ1) is 24.0. The van der Waals surface area contributed by atoms with E-state index in [4.69, 9.17) is 9.47 Å². The van der Waals surface area contributed by atoms with E-state index in [0.717, 1.165) is 41.0 Å². The number of thiazole rings is 1. The number of fused-ring (bicyclic) bond motifs is 1. The summed E-state index contributed by atoms with van der Waals surface area (Å²) in [4.78, 5) is 15.2. The molecule has 0 spiro atoms. The molecule has 6 rings (SSSR count). The number of rotatable bonds is 6. The van der Waals surface area contributed by atoms with Crippen molar-refractivity contribution >= 4 is 32.5 Å². The lowest BCUT2D eigenvalue weighted by atomic mass is 9.93. The number of ether oxygens (including phenoxy) is 2. The number of morpholine rings is 1. The number of aliphatic hydroxyl groups is 1. The Balaban J connectivity index is 1.21. The van der Waals surface area contributed by atoms with Crippen LogP contribution in [0.25, 0.3) is 21.5 Å². The van der Waals surface area contributed by atoms with Crippen molar-refractivity contribution in [3.8, 4) is 22.8 Å². The van der Waals surface area contributed by atoms with Gasteiger partial charge in [-0.15, -0.1) is 0 Å². The number of hydrogen-bond acceptors (Lipinski definition) is 9. The van der Waals surface area contributed by atoms with Gasteiger partial charge in [-0.2, -0.15) is 0 Å². The van der Waals surface area contributed by atoms with Crippen LogP contribution in [0, 0.1) is 5.82 Å². The highest BCUT2D eigenvalue weighted by atomic mass is 32.1. The summed E-state index contributed by atoms with van der Waals surface area (Å²) in [7, 11) is 0. The van der Waals surface area contributed by atoms with Gasteiger partial charge in [0.25, 0.3) is 0 Å². The summed E-state index contributed by atoms with van der Waals surface area (Å²) >= 11 is 1.54. The molecule has 2 N–H and O–H groups in total. The van der Waals surface area contributed by atoms with Crippen molar-refractivity contribution in [1.82, 2.24) is 15.0 Å². The third kappa shape index (κ3) is 5.22. The molecule has 8 nitrogen and oxygen atoms in total.